The fourth-order valence-electron chi connectivity index (χ4n) is 7.81. The summed E-state index contributed by atoms with van der Waals surface area (Å²) in [6.07, 6.45) is -0.280. The first-order valence-electron chi connectivity index (χ1n) is 19.0. The maximum absolute atomic E-state index is 5.33. The topological polar surface area (TPSA) is 49.6 Å². The minimum atomic E-state index is -0.280. The molecule has 0 saturated heterocycles. The molecule has 0 radical (unpaired) electrons. The summed E-state index contributed by atoms with van der Waals surface area (Å²) >= 11 is 0. The smallest absolute Gasteiger partial charge is 0.159 e. The second-order valence-corrected chi connectivity index (χ2v) is 14.0. The molecule has 0 fully saturated rings. The Morgan fingerprint density at radius 3 is 1.73 bits per heavy atom. The van der Waals surface area contributed by atoms with Gasteiger partial charge in [-0.3, -0.25) is 0 Å². The number of aromatic nitrogens is 1. The van der Waals surface area contributed by atoms with Crippen LogP contribution in [0.2, 0.25) is 0 Å². The summed E-state index contributed by atoms with van der Waals surface area (Å²) in [5, 5.41) is 7.07. The van der Waals surface area contributed by atoms with Crippen LogP contribution in [0.4, 0.5) is 0 Å². The summed E-state index contributed by atoms with van der Waals surface area (Å²) in [7, 11) is 0. The Bertz CT molecular complexity index is 2920. The molecule has 56 heavy (non-hydrogen) atoms. The molecule has 0 saturated carbocycles. The Kier molecular flexibility index (Phi) is 8.54. The van der Waals surface area contributed by atoms with E-state index in [9.17, 15) is 0 Å². The molecule has 4 heteroatoms. The van der Waals surface area contributed by atoms with Crippen molar-refractivity contribution in [3.05, 3.63) is 223 Å². The van der Waals surface area contributed by atoms with Crippen LogP contribution in [0.15, 0.2) is 216 Å². The quantitative estimate of drug-likeness (QED) is 0.167. The van der Waals surface area contributed by atoms with Crippen molar-refractivity contribution in [2.75, 3.05) is 0 Å². The van der Waals surface area contributed by atoms with Crippen LogP contribution in [0.25, 0.3) is 66.3 Å². The zero-order valence-electron chi connectivity index (χ0n) is 30.5. The molecular formula is C52H36N4. The molecule has 9 aromatic rings. The molecule has 0 amide bonds. The standard InChI is InChI=1S/C52H36N4/c1-4-16-36(17-5-1)42-24-10-11-25-44(42)49-46-28-15-27-43(48(46)45-26-12-13-29-47(45)53-49)41-23-14-22-40(34-41)35-30-32-39(33-31-35)52-55-50(37-18-6-2-7-19-37)54-51(56-52)38-20-8-3-9-21-38/h1-34,52H,(H,54,55,56). The zero-order valence-corrected chi connectivity index (χ0v) is 30.5. The summed E-state index contributed by atoms with van der Waals surface area (Å²) in [5.74, 6) is 1.53. The summed E-state index contributed by atoms with van der Waals surface area (Å²) < 4.78 is 0. The molecule has 8 aromatic carbocycles. The van der Waals surface area contributed by atoms with Crippen LogP contribution in [0.3, 0.4) is 0 Å². The number of hydrogen-bond acceptors (Lipinski definition) is 4. The van der Waals surface area contributed by atoms with Gasteiger partial charge in [-0.15, -0.1) is 0 Å². The third kappa shape index (κ3) is 6.23. The second-order valence-electron chi connectivity index (χ2n) is 14.0. The van der Waals surface area contributed by atoms with E-state index in [2.05, 4.69) is 175 Å². The maximum atomic E-state index is 5.33. The van der Waals surface area contributed by atoms with Crippen molar-refractivity contribution in [1.29, 1.82) is 0 Å². The molecular weight excluding hydrogens is 681 g/mol. The van der Waals surface area contributed by atoms with Crippen molar-refractivity contribution in [3.8, 4) is 44.6 Å². The highest BCUT2D eigenvalue weighted by molar-refractivity contribution is 6.18. The van der Waals surface area contributed by atoms with Gasteiger partial charge in [-0.1, -0.05) is 194 Å². The van der Waals surface area contributed by atoms with Gasteiger partial charge in [0.05, 0.1) is 11.2 Å². The fraction of sp³-hybridized carbons (Fsp3) is 0.0192. The number of nitrogens with zero attached hydrogens (tertiary/aromatic N) is 3. The first-order valence-corrected chi connectivity index (χ1v) is 19.0. The van der Waals surface area contributed by atoms with Crippen molar-refractivity contribution >= 4 is 33.3 Å². The van der Waals surface area contributed by atoms with Crippen LogP contribution in [-0.4, -0.2) is 16.7 Å². The number of benzene rings is 8. The number of rotatable bonds is 7. The Morgan fingerprint density at radius 2 is 0.964 bits per heavy atom. The van der Waals surface area contributed by atoms with Crippen LogP contribution in [0, 0.1) is 0 Å². The van der Waals surface area contributed by atoms with Crippen molar-refractivity contribution in [2.24, 2.45) is 9.98 Å². The maximum Gasteiger partial charge on any atom is 0.159 e. The van der Waals surface area contributed by atoms with E-state index in [1.807, 2.05) is 36.4 Å². The van der Waals surface area contributed by atoms with Gasteiger partial charge < -0.3 is 5.32 Å². The molecule has 1 aliphatic heterocycles. The van der Waals surface area contributed by atoms with Gasteiger partial charge in [0.2, 0.25) is 0 Å². The van der Waals surface area contributed by atoms with Crippen LogP contribution >= 0.6 is 0 Å². The lowest BCUT2D eigenvalue weighted by molar-refractivity contribution is 0.674. The average molecular weight is 717 g/mol. The lowest BCUT2D eigenvalue weighted by atomic mass is 9.90. The monoisotopic (exact) mass is 716 g/mol. The summed E-state index contributed by atoms with van der Waals surface area (Å²) in [4.78, 5) is 15.3. The Labute approximate surface area is 326 Å². The largest absolute Gasteiger partial charge is 0.344 e. The summed E-state index contributed by atoms with van der Waals surface area (Å²) in [5.41, 5.74) is 13.1. The van der Waals surface area contributed by atoms with E-state index in [0.717, 1.165) is 72.6 Å². The van der Waals surface area contributed by atoms with Gasteiger partial charge in [-0.25, -0.2) is 15.0 Å². The third-order valence-corrected chi connectivity index (χ3v) is 10.5. The van der Waals surface area contributed by atoms with E-state index in [-0.39, 0.29) is 6.17 Å². The Morgan fingerprint density at radius 1 is 0.393 bits per heavy atom. The van der Waals surface area contributed by atoms with E-state index >= 15 is 0 Å². The normalized spacial score (nSPS) is 13.9. The molecule has 0 bridgehead atoms. The fourth-order valence-corrected chi connectivity index (χ4v) is 7.81. The molecule has 4 nitrogen and oxygen atoms in total. The predicted molar refractivity (Wildman–Crippen MR) is 233 cm³/mol. The minimum Gasteiger partial charge on any atom is -0.344 e. The molecule has 10 rings (SSSR count). The van der Waals surface area contributed by atoms with Crippen molar-refractivity contribution in [3.63, 3.8) is 0 Å². The average Bonchev–Trinajstić information content (AvgIpc) is 3.29. The van der Waals surface area contributed by atoms with E-state index < -0.39 is 0 Å². The third-order valence-electron chi connectivity index (χ3n) is 10.5. The number of aliphatic imine (C=N–C) groups is 2. The highest BCUT2D eigenvalue weighted by Crippen LogP contribution is 2.42. The molecule has 1 unspecified atom stereocenters. The van der Waals surface area contributed by atoms with Crippen LogP contribution in [0.1, 0.15) is 22.9 Å². The Balaban J connectivity index is 1.04. The van der Waals surface area contributed by atoms with Gasteiger partial charge in [0, 0.05) is 32.8 Å². The van der Waals surface area contributed by atoms with Gasteiger partial charge in [-0.2, -0.15) is 0 Å². The van der Waals surface area contributed by atoms with Crippen molar-refractivity contribution < 1.29 is 0 Å². The van der Waals surface area contributed by atoms with Gasteiger partial charge >= 0.3 is 0 Å². The first-order chi connectivity index (χ1) is 27.8. The molecule has 2 heterocycles. The summed E-state index contributed by atoms with van der Waals surface area (Å²) in [6, 6.07) is 72.4. The molecule has 1 atom stereocenters. The number of fused-ring (bicyclic) bond motifs is 3. The number of nitrogens with one attached hydrogen (secondary N) is 1. The van der Waals surface area contributed by atoms with Gasteiger partial charge in [0.1, 0.15) is 12.0 Å². The van der Waals surface area contributed by atoms with Crippen LogP contribution in [0.5, 0.6) is 0 Å². The van der Waals surface area contributed by atoms with E-state index in [0.29, 0.717) is 0 Å². The van der Waals surface area contributed by atoms with Crippen LogP contribution < -0.4 is 5.32 Å². The molecule has 1 aromatic heterocycles. The SMILES string of the molecule is c1ccc(C2=NC(c3ccc(-c4cccc(-c5cccc6c(-c7ccccc7-c7ccccc7)nc7ccccc7c56)c4)cc3)NC(c3ccccc3)=N2)cc1. The highest BCUT2D eigenvalue weighted by atomic mass is 15.2. The van der Waals surface area contributed by atoms with Gasteiger partial charge in [0.15, 0.2) is 5.84 Å². The second kappa shape index (κ2) is 14.4. The molecule has 264 valence electrons. The van der Waals surface area contributed by atoms with E-state index in [1.54, 1.807) is 0 Å². The minimum absolute atomic E-state index is 0.280. The van der Waals surface area contributed by atoms with Crippen LogP contribution in [-0.2, 0) is 0 Å². The molecule has 1 aliphatic rings. The van der Waals surface area contributed by atoms with E-state index in [4.69, 9.17) is 15.0 Å². The number of para-hydroxylation sites is 1. The molecule has 0 spiro atoms. The Hall–Kier alpha value is -7.43. The predicted octanol–water partition coefficient (Wildman–Crippen LogP) is 12.6. The first kappa shape index (κ1) is 33.2. The number of pyridine rings is 1. The summed E-state index contributed by atoms with van der Waals surface area (Å²) in [6.45, 7) is 0. The lowest BCUT2D eigenvalue weighted by Crippen LogP contribution is -2.33. The number of hydrogen-bond donors (Lipinski definition) is 1. The lowest BCUT2D eigenvalue weighted by Gasteiger charge is -2.24. The van der Waals surface area contributed by atoms with Gasteiger partial charge in [0.25, 0.3) is 0 Å². The van der Waals surface area contributed by atoms with Crippen molar-refractivity contribution in [1.82, 2.24) is 10.3 Å². The molecule has 0 aliphatic carbocycles. The molecule has 1 N–H and O–H groups in total. The van der Waals surface area contributed by atoms with Gasteiger partial charge in [-0.05, 0) is 51.1 Å². The van der Waals surface area contributed by atoms with E-state index in [1.165, 1.54) is 22.1 Å². The zero-order chi connectivity index (χ0) is 37.3. The number of amidine groups is 2. The highest BCUT2D eigenvalue weighted by Gasteiger charge is 2.21. The van der Waals surface area contributed by atoms with Crippen molar-refractivity contribution in [2.45, 2.75) is 6.17 Å².